The maximum absolute atomic E-state index is 13.6. The zero-order valence-corrected chi connectivity index (χ0v) is 10.4. The van der Waals surface area contributed by atoms with Gasteiger partial charge in [-0.3, -0.25) is 4.79 Å². The van der Waals surface area contributed by atoms with Crippen LogP contribution in [0.25, 0.3) is 0 Å². The van der Waals surface area contributed by atoms with Crippen molar-refractivity contribution in [2.45, 2.75) is 12.8 Å². The Bertz CT molecular complexity index is 622. The molecule has 1 amide bonds. The smallest absolute Gasteiger partial charge is 0.337 e. The predicted molar refractivity (Wildman–Crippen MR) is 69.0 cm³/mol. The Morgan fingerprint density at radius 2 is 2.05 bits per heavy atom. The quantitative estimate of drug-likeness (QED) is 0.880. The van der Waals surface area contributed by atoms with E-state index in [9.17, 15) is 14.0 Å². The molecule has 2 N–H and O–H groups in total. The second-order valence-electron chi connectivity index (χ2n) is 4.10. The summed E-state index contributed by atoms with van der Waals surface area (Å²) in [5.74, 6) is -1.93. The number of carboxylic acids is 1. The molecule has 0 fully saturated rings. The van der Waals surface area contributed by atoms with Crippen molar-refractivity contribution in [1.82, 2.24) is 0 Å². The van der Waals surface area contributed by atoms with Gasteiger partial charge >= 0.3 is 5.97 Å². The fourth-order valence-corrected chi connectivity index (χ4v) is 1.72. The summed E-state index contributed by atoms with van der Waals surface area (Å²) >= 11 is 0. The SMILES string of the molecule is O=C(CCc1ccco1)Nc1c(F)cccc1C(=O)O. The van der Waals surface area contributed by atoms with Crippen LogP contribution in [0.2, 0.25) is 0 Å². The molecule has 0 aliphatic rings. The van der Waals surface area contributed by atoms with Gasteiger partial charge < -0.3 is 14.8 Å². The number of carbonyl (C=O) groups excluding carboxylic acids is 1. The summed E-state index contributed by atoms with van der Waals surface area (Å²) < 4.78 is 18.7. The van der Waals surface area contributed by atoms with E-state index < -0.39 is 17.7 Å². The van der Waals surface area contributed by atoms with Crippen molar-refractivity contribution in [2.75, 3.05) is 5.32 Å². The number of aromatic carboxylic acids is 1. The second kappa shape index (κ2) is 6.01. The number of carbonyl (C=O) groups is 2. The number of aryl methyl sites for hydroxylation is 1. The second-order valence-corrected chi connectivity index (χ2v) is 4.10. The van der Waals surface area contributed by atoms with E-state index in [2.05, 4.69) is 5.32 Å². The van der Waals surface area contributed by atoms with Gasteiger partial charge in [0.2, 0.25) is 5.91 Å². The van der Waals surface area contributed by atoms with Crippen LogP contribution in [0.5, 0.6) is 0 Å². The van der Waals surface area contributed by atoms with Crippen molar-refractivity contribution >= 4 is 17.6 Å². The fourth-order valence-electron chi connectivity index (χ4n) is 1.72. The average Bonchev–Trinajstić information content (AvgIpc) is 2.91. The lowest BCUT2D eigenvalue weighted by atomic mass is 10.1. The molecular weight excluding hydrogens is 265 g/mol. The van der Waals surface area contributed by atoms with Crippen molar-refractivity contribution in [2.24, 2.45) is 0 Å². The number of nitrogens with one attached hydrogen (secondary N) is 1. The van der Waals surface area contributed by atoms with Crippen LogP contribution in [0, 0.1) is 5.82 Å². The Morgan fingerprint density at radius 1 is 1.25 bits per heavy atom. The normalized spacial score (nSPS) is 10.2. The highest BCUT2D eigenvalue weighted by molar-refractivity contribution is 6.00. The first-order chi connectivity index (χ1) is 9.58. The highest BCUT2D eigenvalue weighted by atomic mass is 19.1. The lowest BCUT2D eigenvalue weighted by molar-refractivity contribution is -0.116. The summed E-state index contributed by atoms with van der Waals surface area (Å²) in [6.45, 7) is 0. The monoisotopic (exact) mass is 277 g/mol. The maximum Gasteiger partial charge on any atom is 0.337 e. The largest absolute Gasteiger partial charge is 0.478 e. The van der Waals surface area contributed by atoms with Crippen molar-refractivity contribution in [3.05, 3.63) is 53.7 Å². The van der Waals surface area contributed by atoms with Crippen molar-refractivity contribution in [3.63, 3.8) is 0 Å². The fraction of sp³-hybridized carbons (Fsp3) is 0.143. The van der Waals surface area contributed by atoms with Gasteiger partial charge in [-0.15, -0.1) is 0 Å². The number of hydrogen-bond acceptors (Lipinski definition) is 3. The van der Waals surface area contributed by atoms with Crippen molar-refractivity contribution in [3.8, 4) is 0 Å². The van der Waals surface area contributed by atoms with Crippen LogP contribution < -0.4 is 5.32 Å². The van der Waals surface area contributed by atoms with Crippen LogP contribution in [0.4, 0.5) is 10.1 Å². The molecule has 0 bridgehead atoms. The molecule has 1 aromatic carbocycles. The number of furan rings is 1. The van der Waals surface area contributed by atoms with E-state index in [1.54, 1.807) is 12.1 Å². The maximum atomic E-state index is 13.6. The van der Waals surface area contributed by atoms with Crippen molar-refractivity contribution < 1.29 is 23.5 Å². The first-order valence-electron chi connectivity index (χ1n) is 5.92. The van der Waals surface area contributed by atoms with Crippen molar-refractivity contribution in [1.29, 1.82) is 0 Å². The van der Waals surface area contributed by atoms with Crippen LogP contribution in [0.3, 0.4) is 0 Å². The first kappa shape index (κ1) is 13.8. The Kier molecular flexibility index (Phi) is 4.14. The predicted octanol–water partition coefficient (Wildman–Crippen LogP) is 2.69. The number of anilines is 1. The molecular formula is C14H12FNO4. The molecule has 0 saturated carbocycles. The number of hydrogen-bond donors (Lipinski definition) is 2. The van der Waals surface area contributed by atoms with E-state index in [-0.39, 0.29) is 17.7 Å². The molecule has 0 aliphatic carbocycles. The summed E-state index contributed by atoms with van der Waals surface area (Å²) in [6, 6.07) is 7.02. The number of benzene rings is 1. The van der Waals surface area contributed by atoms with Gasteiger partial charge in [-0.05, 0) is 24.3 Å². The Labute approximate surface area is 114 Å². The summed E-state index contributed by atoms with van der Waals surface area (Å²) in [6.07, 6.45) is 1.92. The van der Waals surface area contributed by atoms with E-state index in [1.165, 1.54) is 18.4 Å². The standard InChI is InChI=1S/C14H12FNO4/c15-11-5-1-4-10(14(18)19)13(11)16-12(17)7-6-9-3-2-8-20-9/h1-5,8H,6-7H2,(H,16,17)(H,18,19). The number of rotatable bonds is 5. The minimum atomic E-state index is -1.30. The average molecular weight is 277 g/mol. The van der Waals surface area contributed by atoms with E-state index in [0.29, 0.717) is 12.2 Å². The third-order valence-corrected chi connectivity index (χ3v) is 2.69. The van der Waals surface area contributed by atoms with Gasteiger partial charge in [0.15, 0.2) is 0 Å². The Hall–Kier alpha value is -2.63. The summed E-state index contributed by atoms with van der Waals surface area (Å²) in [7, 11) is 0. The topological polar surface area (TPSA) is 79.5 Å². The number of halogens is 1. The van der Waals surface area contributed by atoms with Crippen LogP contribution in [-0.4, -0.2) is 17.0 Å². The van der Waals surface area contributed by atoms with E-state index >= 15 is 0 Å². The Morgan fingerprint density at radius 3 is 2.70 bits per heavy atom. The molecule has 6 heteroatoms. The van der Waals surface area contributed by atoms with E-state index in [1.807, 2.05) is 0 Å². The zero-order chi connectivity index (χ0) is 14.5. The molecule has 0 aliphatic heterocycles. The third kappa shape index (κ3) is 3.23. The van der Waals surface area contributed by atoms with E-state index in [4.69, 9.17) is 9.52 Å². The van der Waals surface area contributed by atoms with Crippen LogP contribution in [0.1, 0.15) is 22.5 Å². The van der Waals surface area contributed by atoms with Gasteiger partial charge in [0, 0.05) is 12.8 Å². The Balaban J connectivity index is 2.06. The molecule has 0 spiro atoms. The highest BCUT2D eigenvalue weighted by Gasteiger charge is 2.16. The highest BCUT2D eigenvalue weighted by Crippen LogP contribution is 2.20. The summed E-state index contributed by atoms with van der Waals surface area (Å²) in [4.78, 5) is 22.7. The molecule has 1 heterocycles. The molecule has 1 aromatic heterocycles. The van der Waals surface area contributed by atoms with Crippen LogP contribution in [-0.2, 0) is 11.2 Å². The van der Waals surface area contributed by atoms with Crippen LogP contribution in [0.15, 0.2) is 41.0 Å². The molecule has 104 valence electrons. The van der Waals surface area contributed by atoms with E-state index in [0.717, 1.165) is 6.07 Å². The van der Waals surface area contributed by atoms with Gasteiger partial charge in [0.25, 0.3) is 0 Å². The summed E-state index contributed by atoms with van der Waals surface area (Å²) in [5, 5.41) is 11.2. The minimum absolute atomic E-state index is 0.0703. The first-order valence-corrected chi connectivity index (χ1v) is 5.92. The molecule has 0 saturated heterocycles. The molecule has 0 atom stereocenters. The van der Waals surface area contributed by atoms with Gasteiger partial charge in [-0.2, -0.15) is 0 Å². The lowest BCUT2D eigenvalue weighted by Gasteiger charge is -2.09. The molecule has 5 nitrogen and oxygen atoms in total. The minimum Gasteiger partial charge on any atom is -0.478 e. The van der Waals surface area contributed by atoms with Gasteiger partial charge in [0.05, 0.1) is 17.5 Å². The molecule has 2 aromatic rings. The zero-order valence-electron chi connectivity index (χ0n) is 10.4. The number of carboxylic acid groups (broad SMARTS) is 1. The number of para-hydroxylation sites is 1. The van der Waals surface area contributed by atoms with Gasteiger partial charge in [-0.25, -0.2) is 9.18 Å². The lowest BCUT2D eigenvalue weighted by Crippen LogP contribution is -2.16. The molecule has 0 radical (unpaired) electrons. The van der Waals surface area contributed by atoms with Gasteiger partial charge in [-0.1, -0.05) is 6.07 Å². The van der Waals surface area contributed by atoms with Crippen LogP contribution >= 0.6 is 0 Å². The van der Waals surface area contributed by atoms with Gasteiger partial charge in [0.1, 0.15) is 11.6 Å². The number of amides is 1. The molecule has 2 rings (SSSR count). The molecule has 0 unspecified atom stereocenters. The molecule has 20 heavy (non-hydrogen) atoms. The summed E-state index contributed by atoms with van der Waals surface area (Å²) in [5.41, 5.74) is -0.596. The third-order valence-electron chi connectivity index (χ3n) is 2.69.